The molecule has 106 valence electrons. The minimum absolute atomic E-state index is 0.0629. The van der Waals surface area contributed by atoms with Gasteiger partial charge in [-0.3, -0.25) is 0 Å². The van der Waals surface area contributed by atoms with E-state index in [0.717, 1.165) is 18.4 Å². The van der Waals surface area contributed by atoms with Crippen LogP contribution in [0.3, 0.4) is 0 Å². The minimum Gasteiger partial charge on any atom is -0.389 e. The standard InChI is InChI=1S/C14H21NO3S/c1-10-4-5-11(2)13(8-10)19(17,18)15-9-14(3,16)12-6-7-12/h4-5,8,12,15-16H,6-7,9H2,1-3H3/t14-/m0/s1. The highest BCUT2D eigenvalue weighted by Gasteiger charge is 2.40. The average molecular weight is 283 g/mol. The number of nitrogens with one attached hydrogen (secondary N) is 1. The molecule has 1 aliphatic rings. The van der Waals surface area contributed by atoms with Gasteiger partial charge in [0.05, 0.1) is 10.5 Å². The van der Waals surface area contributed by atoms with Crippen LogP contribution in [0.2, 0.25) is 0 Å². The van der Waals surface area contributed by atoms with E-state index in [1.54, 1.807) is 26.0 Å². The summed E-state index contributed by atoms with van der Waals surface area (Å²) in [7, 11) is -3.56. The Hall–Kier alpha value is -0.910. The predicted octanol–water partition coefficient (Wildman–Crippen LogP) is 1.74. The van der Waals surface area contributed by atoms with Gasteiger partial charge in [-0.2, -0.15) is 0 Å². The SMILES string of the molecule is Cc1ccc(C)c(S(=O)(=O)NC[C@](C)(O)C2CC2)c1. The highest BCUT2D eigenvalue weighted by molar-refractivity contribution is 7.89. The molecule has 1 saturated carbocycles. The molecular weight excluding hydrogens is 262 g/mol. The van der Waals surface area contributed by atoms with Crippen molar-refractivity contribution >= 4 is 10.0 Å². The summed E-state index contributed by atoms with van der Waals surface area (Å²) in [5, 5.41) is 10.2. The Bertz CT molecular complexity index is 574. The lowest BCUT2D eigenvalue weighted by atomic mass is 10.0. The number of rotatable bonds is 5. The first-order chi connectivity index (χ1) is 8.72. The van der Waals surface area contributed by atoms with E-state index in [0.29, 0.717) is 10.5 Å². The first-order valence-corrected chi connectivity index (χ1v) is 8.00. The third kappa shape index (κ3) is 3.35. The molecule has 1 aromatic rings. The number of hydrogen-bond donors (Lipinski definition) is 2. The van der Waals surface area contributed by atoms with Crippen LogP contribution in [0.5, 0.6) is 0 Å². The van der Waals surface area contributed by atoms with E-state index >= 15 is 0 Å². The molecule has 4 nitrogen and oxygen atoms in total. The van der Waals surface area contributed by atoms with Crippen LogP contribution >= 0.6 is 0 Å². The zero-order valence-corrected chi connectivity index (χ0v) is 12.4. The highest BCUT2D eigenvalue weighted by Crippen LogP contribution is 2.39. The Balaban J connectivity index is 2.16. The van der Waals surface area contributed by atoms with Gasteiger partial charge in [0, 0.05) is 6.54 Å². The van der Waals surface area contributed by atoms with Crippen molar-refractivity contribution in [3.63, 3.8) is 0 Å². The van der Waals surface area contributed by atoms with Gasteiger partial charge in [0.1, 0.15) is 0 Å². The molecule has 0 heterocycles. The molecule has 0 unspecified atom stereocenters. The van der Waals surface area contributed by atoms with Crippen LogP contribution in [0, 0.1) is 19.8 Å². The largest absolute Gasteiger partial charge is 0.389 e. The molecule has 0 amide bonds. The second-order valence-corrected chi connectivity index (χ2v) is 7.46. The molecule has 0 saturated heterocycles. The van der Waals surface area contributed by atoms with E-state index in [1.807, 2.05) is 13.0 Å². The quantitative estimate of drug-likeness (QED) is 0.865. The van der Waals surface area contributed by atoms with Gasteiger partial charge in [-0.15, -0.1) is 0 Å². The Morgan fingerprint density at radius 2 is 2.00 bits per heavy atom. The maximum absolute atomic E-state index is 12.3. The van der Waals surface area contributed by atoms with Gasteiger partial charge in [-0.25, -0.2) is 13.1 Å². The summed E-state index contributed by atoms with van der Waals surface area (Å²) in [6, 6.07) is 5.33. The summed E-state index contributed by atoms with van der Waals surface area (Å²) in [4.78, 5) is 0.291. The van der Waals surface area contributed by atoms with Gasteiger partial charge in [-0.1, -0.05) is 12.1 Å². The van der Waals surface area contributed by atoms with Crippen LogP contribution in [-0.4, -0.2) is 25.7 Å². The molecule has 0 bridgehead atoms. The molecule has 1 aromatic carbocycles. The average Bonchev–Trinajstić information content (AvgIpc) is 3.14. The van der Waals surface area contributed by atoms with E-state index in [2.05, 4.69) is 4.72 Å². The first kappa shape index (κ1) is 14.5. The Labute approximate surface area is 114 Å². The van der Waals surface area contributed by atoms with Crippen LogP contribution in [0.1, 0.15) is 30.9 Å². The highest BCUT2D eigenvalue weighted by atomic mass is 32.2. The van der Waals surface area contributed by atoms with Crippen molar-refractivity contribution < 1.29 is 13.5 Å². The monoisotopic (exact) mass is 283 g/mol. The van der Waals surface area contributed by atoms with Crippen molar-refractivity contribution in [1.82, 2.24) is 4.72 Å². The van der Waals surface area contributed by atoms with Crippen LogP contribution in [0.15, 0.2) is 23.1 Å². The van der Waals surface area contributed by atoms with E-state index in [-0.39, 0.29) is 12.5 Å². The zero-order valence-electron chi connectivity index (χ0n) is 11.6. The summed E-state index contributed by atoms with van der Waals surface area (Å²) >= 11 is 0. The number of hydrogen-bond acceptors (Lipinski definition) is 3. The molecule has 19 heavy (non-hydrogen) atoms. The lowest BCUT2D eigenvalue weighted by Crippen LogP contribution is -2.42. The molecule has 5 heteroatoms. The van der Waals surface area contributed by atoms with Crippen LogP contribution in [0.4, 0.5) is 0 Å². The molecule has 0 aromatic heterocycles. The summed E-state index contributed by atoms with van der Waals surface area (Å²) in [6.45, 7) is 5.38. The number of aryl methyl sites for hydroxylation is 2. The fourth-order valence-corrected chi connectivity index (χ4v) is 3.64. The fourth-order valence-electron chi connectivity index (χ4n) is 2.17. The number of benzene rings is 1. The van der Waals surface area contributed by atoms with Crippen LogP contribution in [0.25, 0.3) is 0 Å². The maximum atomic E-state index is 12.3. The second kappa shape index (κ2) is 4.89. The smallest absolute Gasteiger partial charge is 0.240 e. The third-order valence-electron chi connectivity index (χ3n) is 3.71. The van der Waals surface area contributed by atoms with E-state index in [1.165, 1.54) is 0 Å². The second-order valence-electron chi connectivity index (χ2n) is 5.72. The van der Waals surface area contributed by atoms with Gasteiger partial charge in [0.25, 0.3) is 0 Å². The summed E-state index contributed by atoms with van der Waals surface area (Å²) < 4.78 is 27.1. The van der Waals surface area contributed by atoms with Gasteiger partial charge in [0.2, 0.25) is 10.0 Å². The first-order valence-electron chi connectivity index (χ1n) is 6.52. The molecule has 2 N–H and O–H groups in total. The Morgan fingerprint density at radius 3 is 2.58 bits per heavy atom. The summed E-state index contributed by atoms with van der Waals surface area (Å²) in [6.07, 6.45) is 1.94. The molecule has 1 aliphatic carbocycles. The molecule has 2 rings (SSSR count). The molecule has 0 radical (unpaired) electrons. The fraction of sp³-hybridized carbons (Fsp3) is 0.571. The molecule has 1 fully saturated rings. The Kier molecular flexibility index (Phi) is 3.73. The lowest BCUT2D eigenvalue weighted by Gasteiger charge is -2.23. The molecule has 0 spiro atoms. The zero-order chi connectivity index (χ0) is 14.3. The summed E-state index contributed by atoms with van der Waals surface area (Å²) in [5.41, 5.74) is 0.661. The van der Waals surface area contributed by atoms with E-state index in [4.69, 9.17) is 0 Å². The van der Waals surface area contributed by atoms with Gasteiger partial charge < -0.3 is 5.11 Å². The third-order valence-corrected chi connectivity index (χ3v) is 5.25. The van der Waals surface area contributed by atoms with Crippen molar-refractivity contribution in [3.05, 3.63) is 29.3 Å². The van der Waals surface area contributed by atoms with Crippen molar-refractivity contribution in [2.45, 2.75) is 44.1 Å². The van der Waals surface area contributed by atoms with Crippen LogP contribution in [-0.2, 0) is 10.0 Å². The maximum Gasteiger partial charge on any atom is 0.240 e. The van der Waals surface area contributed by atoms with Crippen LogP contribution < -0.4 is 4.72 Å². The van der Waals surface area contributed by atoms with E-state index in [9.17, 15) is 13.5 Å². The van der Waals surface area contributed by atoms with Crippen molar-refractivity contribution in [1.29, 1.82) is 0 Å². The number of aliphatic hydroxyl groups is 1. The van der Waals surface area contributed by atoms with Crippen molar-refractivity contribution in [2.24, 2.45) is 5.92 Å². The van der Waals surface area contributed by atoms with E-state index < -0.39 is 15.6 Å². The van der Waals surface area contributed by atoms with Gasteiger partial charge in [-0.05, 0) is 56.7 Å². The minimum atomic E-state index is -3.56. The molecule has 1 atom stereocenters. The van der Waals surface area contributed by atoms with Crippen molar-refractivity contribution in [2.75, 3.05) is 6.54 Å². The predicted molar refractivity (Wildman–Crippen MR) is 74.5 cm³/mol. The normalized spacial score (nSPS) is 19.2. The van der Waals surface area contributed by atoms with Crippen molar-refractivity contribution in [3.8, 4) is 0 Å². The lowest BCUT2D eigenvalue weighted by molar-refractivity contribution is 0.0422. The Morgan fingerprint density at radius 1 is 1.37 bits per heavy atom. The van der Waals surface area contributed by atoms with Gasteiger partial charge in [0.15, 0.2) is 0 Å². The molecule has 0 aliphatic heterocycles. The topological polar surface area (TPSA) is 66.4 Å². The number of sulfonamides is 1. The molecular formula is C14H21NO3S. The summed E-state index contributed by atoms with van der Waals surface area (Å²) in [5.74, 6) is 0.216. The van der Waals surface area contributed by atoms with Gasteiger partial charge >= 0.3 is 0 Å².